The van der Waals surface area contributed by atoms with Crippen molar-refractivity contribution in [2.24, 2.45) is 5.92 Å². The second-order valence-corrected chi connectivity index (χ2v) is 5.26. The molecule has 1 fully saturated rings. The van der Waals surface area contributed by atoms with E-state index in [1.165, 1.54) is 12.5 Å². The predicted octanol–water partition coefficient (Wildman–Crippen LogP) is 2.22. The van der Waals surface area contributed by atoms with Crippen LogP contribution in [0.4, 0.5) is 4.39 Å². The quantitative estimate of drug-likeness (QED) is 0.888. The topological polar surface area (TPSA) is 32.7 Å². The first-order valence-corrected chi connectivity index (χ1v) is 6.84. The van der Waals surface area contributed by atoms with Crippen LogP contribution in [-0.2, 0) is 4.74 Å². The molecule has 1 aromatic rings. The van der Waals surface area contributed by atoms with E-state index in [0.29, 0.717) is 18.0 Å². The van der Waals surface area contributed by atoms with Gasteiger partial charge < -0.3 is 14.7 Å². The summed E-state index contributed by atoms with van der Waals surface area (Å²) in [4.78, 5) is 2.20. The number of halogens is 1. The van der Waals surface area contributed by atoms with Gasteiger partial charge in [-0.15, -0.1) is 0 Å². The van der Waals surface area contributed by atoms with Crippen LogP contribution in [-0.4, -0.2) is 43.4 Å². The van der Waals surface area contributed by atoms with E-state index in [-0.39, 0.29) is 5.82 Å². The van der Waals surface area contributed by atoms with Gasteiger partial charge in [0.25, 0.3) is 0 Å². The van der Waals surface area contributed by atoms with Gasteiger partial charge in [-0.2, -0.15) is 0 Å². The Morgan fingerprint density at radius 3 is 3.00 bits per heavy atom. The van der Waals surface area contributed by atoms with Crippen LogP contribution in [0.1, 0.15) is 24.5 Å². The minimum absolute atomic E-state index is 0.333. The van der Waals surface area contributed by atoms with Crippen LogP contribution < -0.4 is 0 Å². The van der Waals surface area contributed by atoms with Crippen LogP contribution in [0.15, 0.2) is 24.3 Å². The molecule has 3 nitrogen and oxygen atoms in total. The van der Waals surface area contributed by atoms with Crippen LogP contribution >= 0.6 is 0 Å². The van der Waals surface area contributed by atoms with Crippen molar-refractivity contribution in [2.75, 3.05) is 33.4 Å². The lowest BCUT2D eigenvalue weighted by atomic mass is 9.98. The molecular weight excluding hydrogens is 245 g/mol. The number of methoxy groups -OCH3 is 1. The lowest BCUT2D eigenvalue weighted by Crippen LogP contribution is -2.39. The van der Waals surface area contributed by atoms with Gasteiger partial charge in [0.05, 0.1) is 12.7 Å². The van der Waals surface area contributed by atoms with E-state index in [0.717, 1.165) is 26.1 Å². The molecule has 0 saturated carbocycles. The lowest BCUT2D eigenvalue weighted by molar-refractivity contribution is 0.0551. The molecule has 2 unspecified atom stereocenters. The summed E-state index contributed by atoms with van der Waals surface area (Å²) in [7, 11) is 1.72. The number of ether oxygens (including phenoxy) is 1. The summed E-state index contributed by atoms with van der Waals surface area (Å²) in [6.07, 6.45) is 1.51. The zero-order chi connectivity index (χ0) is 13.7. The molecule has 1 aliphatic rings. The average molecular weight is 267 g/mol. The van der Waals surface area contributed by atoms with Crippen molar-refractivity contribution in [3.63, 3.8) is 0 Å². The zero-order valence-electron chi connectivity index (χ0n) is 11.4. The van der Waals surface area contributed by atoms with Gasteiger partial charge in [0.1, 0.15) is 5.82 Å². The minimum atomic E-state index is -0.762. The van der Waals surface area contributed by atoms with E-state index in [4.69, 9.17) is 4.74 Å². The number of nitrogens with zero attached hydrogens (tertiary/aromatic N) is 1. The van der Waals surface area contributed by atoms with Crippen molar-refractivity contribution in [3.8, 4) is 0 Å². The summed E-state index contributed by atoms with van der Waals surface area (Å²) in [5.74, 6) is 0.187. The third-order valence-electron chi connectivity index (χ3n) is 3.70. The summed E-state index contributed by atoms with van der Waals surface area (Å²) >= 11 is 0. The molecule has 0 bridgehead atoms. The number of hydrogen-bond acceptors (Lipinski definition) is 3. The molecule has 1 heterocycles. The first-order chi connectivity index (χ1) is 9.20. The Morgan fingerprint density at radius 2 is 2.26 bits per heavy atom. The fourth-order valence-electron chi connectivity index (χ4n) is 2.78. The predicted molar refractivity (Wildman–Crippen MR) is 72.4 cm³/mol. The molecule has 0 aliphatic carbocycles. The lowest BCUT2D eigenvalue weighted by Gasteiger charge is -2.33. The summed E-state index contributed by atoms with van der Waals surface area (Å²) < 4.78 is 18.8. The van der Waals surface area contributed by atoms with Crippen molar-refractivity contribution in [3.05, 3.63) is 35.6 Å². The minimum Gasteiger partial charge on any atom is -0.387 e. The van der Waals surface area contributed by atoms with Gasteiger partial charge in [-0.3, -0.25) is 0 Å². The standard InChI is InChI=1S/C15H22FNO2/c1-19-11-12-5-4-8-17(9-12)10-15(18)13-6-2-3-7-14(13)16/h2-3,6-7,12,15,18H,4-5,8-11H2,1H3. The molecule has 19 heavy (non-hydrogen) atoms. The molecule has 1 N–H and O–H groups in total. The van der Waals surface area contributed by atoms with Crippen molar-refractivity contribution in [2.45, 2.75) is 18.9 Å². The van der Waals surface area contributed by atoms with Gasteiger partial charge in [0.15, 0.2) is 0 Å². The summed E-state index contributed by atoms with van der Waals surface area (Å²) in [5, 5.41) is 10.2. The molecule has 1 aromatic carbocycles. The molecule has 1 saturated heterocycles. The van der Waals surface area contributed by atoms with Crippen LogP contribution in [0, 0.1) is 11.7 Å². The van der Waals surface area contributed by atoms with E-state index >= 15 is 0 Å². The molecule has 0 radical (unpaired) electrons. The number of aliphatic hydroxyl groups excluding tert-OH is 1. The Balaban J connectivity index is 1.91. The number of piperidine rings is 1. The largest absolute Gasteiger partial charge is 0.387 e. The van der Waals surface area contributed by atoms with E-state index in [2.05, 4.69) is 4.90 Å². The third kappa shape index (κ3) is 4.00. The molecule has 0 amide bonds. The van der Waals surface area contributed by atoms with E-state index in [1.807, 2.05) is 0 Å². The van der Waals surface area contributed by atoms with Crippen molar-refractivity contribution in [1.29, 1.82) is 0 Å². The molecule has 0 spiro atoms. The fourth-order valence-corrected chi connectivity index (χ4v) is 2.78. The Kier molecular flexibility index (Phi) is 5.31. The van der Waals surface area contributed by atoms with Crippen LogP contribution in [0.3, 0.4) is 0 Å². The number of benzene rings is 1. The monoisotopic (exact) mass is 267 g/mol. The fraction of sp³-hybridized carbons (Fsp3) is 0.600. The van der Waals surface area contributed by atoms with E-state index in [1.54, 1.807) is 25.3 Å². The highest BCUT2D eigenvalue weighted by atomic mass is 19.1. The zero-order valence-corrected chi connectivity index (χ0v) is 11.4. The van der Waals surface area contributed by atoms with Gasteiger partial charge >= 0.3 is 0 Å². The second kappa shape index (κ2) is 6.98. The van der Waals surface area contributed by atoms with Crippen molar-refractivity contribution in [1.82, 2.24) is 4.90 Å². The van der Waals surface area contributed by atoms with Gasteiger partial charge in [-0.25, -0.2) is 4.39 Å². The smallest absolute Gasteiger partial charge is 0.129 e. The van der Waals surface area contributed by atoms with E-state index < -0.39 is 6.10 Å². The number of likely N-dealkylation sites (tertiary alicyclic amines) is 1. The molecule has 106 valence electrons. The SMILES string of the molecule is COCC1CCCN(CC(O)c2ccccc2F)C1. The first-order valence-electron chi connectivity index (χ1n) is 6.84. The summed E-state index contributed by atoms with van der Waals surface area (Å²) in [6, 6.07) is 6.44. The van der Waals surface area contributed by atoms with Crippen LogP contribution in [0.2, 0.25) is 0 Å². The maximum atomic E-state index is 13.6. The van der Waals surface area contributed by atoms with Gasteiger partial charge in [0, 0.05) is 25.8 Å². The number of β-amino-alcohol motifs (C(OH)–C–C–N with tert-alkyl or cyclic N) is 1. The van der Waals surface area contributed by atoms with Crippen molar-refractivity contribution >= 4 is 0 Å². The van der Waals surface area contributed by atoms with Gasteiger partial charge in [-0.1, -0.05) is 18.2 Å². The summed E-state index contributed by atoms with van der Waals surface area (Å²) in [5.41, 5.74) is 0.386. The molecule has 0 aromatic heterocycles. The number of aliphatic hydroxyl groups is 1. The highest BCUT2D eigenvalue weighted by molar-refractivity contribution is 5.20. The Bertz CT molecular complexity index is 397. The molecule has 2 rings (SSSR count). The molecule has 1 aliphatic heterocycles. The second-order valence-electron chi connectivity index (χ2n) is 5.26. The van der Waals surface area contributed by atoms with Crippen LogP contribution in [0.25, 0.3) is 0 Å². The van der Waals surface area contributed by atoms with E-state index in [9.17, 15) is 9.50 Å². The van der Waals surface area contributed by atoms with Crippen LogP contribution in [0.5, 0.6) is 0 Å². The number of hydrogen-bond donors (Lipinski definition) is 1. The average Bonchev–Trinajstić information content (AvgIpc) is 2.40. The maximum Gasteiger partial charge on any atom is 0.129 e. The first kappa shape index (κ1) is 14.4. The Morgan fingerprint density at radius 1 is 1.47 bits per heavy atom. The molecular formula is C15H22FNO2. The highest BCUT2D eigenvalue weighted by Crippen LogP contribution is 2.22. The maximum absolute atomic E-state index is 13.6. The number of rotatable bonds is 5. The van der Waals surface area contributed by atoms with Gasteiger partial charge in [-0.05, 0) is 31.4 Å². The normalized spacial score (nSPS) is 22.4. The Hall–Kier alpha value is -0.970. The highest BCUT2D eigenvalue weighted by Gasteiger charge is 2.23. The molecule has 2 atom stereocenters. The summed E-state index contributed by atoms with van der Waals surface area (Å²) in [6.45, 7) is 3.12. The third-order valence-corrected chi connectivity index (χ3v) is 3.70. The molecule has 4 heteroatoms. The van der Waals surface area contributed by atoms with Crippen molar-refractivity contribution < 1.29 is 14.2 Å². The van der Waals surface area contributed by atoms with Gasteiger partial charge in [0.2, 0.25) is 0 Å². The Labute approximate surface area is 114 Å².